The summed E-state index contributed by atoms with van der Waals surface area (Å²) in [6.45, 7) is 9.38. The summed E-state index contributed by atoms with van der Waals surface area (Å²) in [7, 11) is 0. The van der Waals surface area contributed by atoms with Gasteiger partial charge in [0.2, 0.25) is 0 Å². The fourth-order valence-corrected chi connectivity index (χ4v) is 2.42. The van der Waals surface area contributed by atoms with Gasteiger partial charge < -0.3 is 5.32 Å². The van der Waals surface area contributed by atoms with Crippen molar-refractivity contribution in [3.05, 3.63) is 0 Å². The molecule has 0 bridgehead atoms. The van der Waals surface area contributed by atoms with Gasteiger partial charge in [-0.15, -0.1) is 0 Å². The minimum atomic E-state index is 0.686. The van der Waals surface area contributed by atoms with Crippen molar-refractivity contribution < 1.29 is 0 Å². The van der Waals surface area contributed by atoms with Crippen LogP contribution in [0.2, 0.25) is 0 Å². The summed E-state index contributed by atoms with van der Waals surface area (Å²) >= 11 is 0. The average molecular weight is 197 g/mol. The van der Waals surface area contributed by atoms with E-state index in [0.717, 1.165) is 17.9 Å². The zero-order chi connectivity index (χ0) is 10.6. The lowest BCUT2D eigenvalue weighted by Crippen LogP contribution is -2.44. The normalized spacial score (nSPS) is 32.6. The van der Waals surface area contributed by atoms with Crippen LogP contribution in [0.4, 0.5) is 0 Å². The molecule has 0 radical (unpaired) electrons. The lowest BCUT2D eigenvalue weighted by molar-refractivity contribution is 0.237. The van der Waals surface area contributed by atoms with E-state index < -0.39 is 0 Å². The van der Waals surface area contributed by atoms with E-state index >= 15 is 0 Å². The van der Waals surface area contributed by atoms with Crippen LogP contribution >= 0.6 is 0 Å². The fourth-order valence-electron chi connectivity index (χ4n) is 2.42. The van der Waals surface area contributed by atoms with Gasteiger partial charge in [-0.2, -0.15) is 0 Å². The summed E-state index contributed by atoms with van der Waals surface area (Å²) in [5.41, 5.74) is 0. The molecule has 0 aromatic heterocycles. The number of rotatable bonds is 4. The largest absolute Gasteiger partial charge is 0.311 e. The van der Waals surface area contributed by atoms with E-state index in [4.69, 9.17) is 0 Å². The van der Waals surface area contributed by atoms with E-state index in [9.17, 15) is 0 Å². The summed E-state index contributed by atoms with van der Waals surface area (Å²) in [6, 6.07) is 1.47. The Hall–Kier alpha value is -0.0400. The Morgan fingerprint density at radius 1 is 1.21 bits per heavy atom. The Labute approximate surface area is 89.7 Å². The fraction of sp³-hybridized carbons (Fsp3) is 1.00. The Morgan fingerprint density at radius 3 is 2.43 bits per heavy atom. The molecule has 1 aliphatic rings. The lowest BCUT2D eigenvalue weighted by Gasteiger charge is -2.34. The maximum Gasteiger partial charge on any atom is 0.00952 e. The molecule has 1 nitrogen and oxygen atoms in total. The van der Waals surface area contributed by atoms with Crippen molar-refractivity contribution in [3.63, 3.8) is 0 Å². The monoisotopic (exact) mass is 197 g/mol. The van der Waals surface area contributed by atoms with Crippen LogP contribution in [0.15, 0.2) is 0 Å². The van der Waals surface area contributed by atoms with E-state index in [1.165, 1.54) is 32.1 Å². The summed E-state index contributed by atoms with van der Waals surface area (Å²) in [5.74, 6) is 1.69. The average Bonchev–Trinajstić information content (AvgIpc) is 2.20. The second-order valence-corrected chi connectivity index (χ2v) is 5.21. The summed E-state index contributed by atoms with van der Waals surface area (Å²) < 4.78 is 0. The minimum absolute atomic E-state index is 0.686. The number of nitrogens with one attached hydrogen (secondary N) is 1. The molecule has 0 amide bonds. The third-order valence-corrected chi connectivity index (χ3v) is 4.09. The first kappa shape index (κ1) is 12.0. The van der Waals surface area contributed by atoms with Crippen molar-refractivity contribution in [2.24, 2.45) is 11.8 Å². The molecule has 0 spiro atoms. The van der Waals surface area contributed by atoms with Crippen molar-refractivity contribution in [2.45, 2.75) is 71.9 Å². The van der Waals surface area contributed by atoms with Gasteiger partial charge in [0.15, 0.2) is 0 Å². The smallest absolute Gasteiger partial charge is 0.00952 e. The van der Waals surface area contributed by atoms with Crippen LogP contribution in [0.1, 0.15) is 59.8 Å². The molecule has 14 heavy (non-hydrogen) atoms. The van der Waals surface area contributed by atoms with Gasteiger partial charge in [0.05, 0.1) is 0 Å². The van der Waals surface area contributed by atoms with Crippen LogP contribution in [0.25, 0.3) is 0 Å². The quantitative estimate of drug-likeness (QED) is 0.726. The third-order valence-electron chi connectivity index (χ3n) is 4.09. The van der Waals surface area contributed by atoms with Crippen molar-refractivity contribution in [1.82, 2.24) is 5.32 Å². The van der Waals surface area contributed by atoms with Crippen molar-refractivity contribution >= 4 is 0 Å². The molecule has 1 aliphatic carbocycles. The third kappa shape index (κ3) is 3.27. The zero-order valence-electron chi connectivity index (χ0n) is 10.3. The SMILES string of the molecule is CC[C@H](C)[C@H](C)N[C@H]1CCCC[C@@H]1C. The second kappa shape index (κ2) is 5.75. The van der Waals surface area contributed by atoms with Gasteiger partial charge >= 0.3 is 0 Å². The Morgan fingerprint density at radius 2 is 1.86 bits per heavy atom. The molecule has 0 aliphatic heterocycles. The number of hydrogen-bond donors (Lipinski definition) is 1. The molecule has 0 aromatic rings. The molecule has 0 unspecified atom stereocenters. The van der Waals surface area contributed by atoms with E-state index in [-0.39, 0.29) is 0 Å². The van der Waals surface area contributed by atoms with E-state index in [1.54, 1.807) is 0 Å². The summed E-state index contributed by atoms with van der Waals surface area (Å²) in [5, 5.41) is 3.82. The molecule has 0 aromatic carbocycles. The van der Waals surface area contributed by atoms with Gasteiger partial charge in [0.25, 0.3) is 0 Å². The molecular formula is C13H27N. The number of hydrogen-bond acceptors (Lipinski definition) is 1. The van der Waals surface area contributed by atoms with E-state index in [1.807, 2.05) is 0 Å². The highest BCUT2D eigenvalue weighted by Gasteiger charge is 2.23. The van der Waals surface area contributed by atoms with E-state index in [2.05, 4.69) is 33.0 Å². The Kier molecular flexibility index (Phi) is 4.94. The first-order valence-corrected chi connectivity index (χ1v) is 6.41. The highest BCUT2D eigenvalue weighted by Crippen LogP contribution is 2.24. The van der Waals surface area contributed by atoms with Gasteiger partial charge in [-0.25, -0.2) is 0 Å². The van der Waals surface area contributed by atoms with Gasteiger partial charge in [0, 0.05) is 12.1 Å². The van der Waals surface area contributed by atoms with Crippen LogP contribution < -0.4 is 5.32 Å². The second-order valence-electron chi connectivity index (χ2n) is 5.21. The maximum atomic E-state index is 3.82. The van der Waals surface area contributed by atoms with Crippen LogP contribution in [0, 0.1) is 11.8 Å². The predicted octanol–water partition coefficient (Wildman–Crippen LogP) is 3.59. The van der Waals surface area contributed by atoms with Gasteiger partial charge in [-0.1, -0.05) is 40.0 Å². The first-order valence-electron chi connectivity index (χ1n) is 6.41. The molecule has 0 saturated heterocycles. The zero-order valence-corrected chi connectivity index (χ0v) is 10.3. The molecule has 1 fully saturated rings. The van der Waals surface area contributed by atoms with Gasteiger partial charge in [-0.05, 0) is 31.6 Å². The topological polar surface area (TPSA) is 12.0 Å². The minimum Gasteiger partial charge on any atom is -0.311 e. The summed E-state index contributed by atoms with van der Waals surface area (Å²) in [4.78, 5) is 0. The van der Waals surface area contributed by atoms with Crippen molar-refractivity contribution in [2.75, 3.05) is 0 Å². The molecule has 4 atom stereocenters. The molecular weight excluding hydrogens is 170 g/mol. The van der Waals surface area contributed by atoms with Crippen LogP contribution in [0.3, 0.4) is 0 Å². The molecule has 0 heterocycles. The molecule has 1 saturated carbocycles. The maximum absolute atomic E-state index is 3.82. The molecule has 84 valence electrons. The van der Waals surface area contributed by atoms with Crippen LogP contribution in [0.5, 0.6) is 0 Å². The highest BCUT2D eigenvalue weighted by atomic mass is 15.0. The van der Waals surface area contributed by atoms with Crippen LogP contribution in [-0.2, 0) is 0 Å². The van der Waals surface area contributed by atoms with Crippen molar-refractivity contribution in [1.29, 1.82) is 0 Å². The highest BCUT2D eigenvalue weighted by molar-refractivity contribution is 4.81. The molecule has 1 rings (SSSR count). The first-order chi connectivity index (χ1) is 6.65. The van der Waals surface area contributed by atoms with Gasteiger partial charge in [0.1, 0.15) is 0 Å². The standard InChI is InChI=1S/C13H27N/c1-5-10(2)12(4)14-13-9-7-6-8-11(13)3/h10-14H,5-9H2,1-4H3/t10-,11-,12-,13-/m0/s1. The van der Waals surface area contributed by atoms with Crippen molar-refractivity contribution in [3.8, 4) is 0 Å². The van der Waals surface area contributed by atoms with E-state index in [0.29, 0.717) is 6.04 Å². The predicted molar refractivity (Wildman–Crippen MR) is 63.5 cm³/mol. The lowest BCUT2D eigenvalue weighted by atomic mass is 9.85. The van der Waals surface area contributed by atoms with Crippen LogP contribution in [-0.4, -0.2) is 12.1 Å². The van der Waals surface area contributed by atoms with Gasteiger partial charge in [-0.3, -0.25) is 0 Å². The molecule has 1 N–H and O–H groups in total. The summed E-state index contributed by atoms with van der Waals surface area (Å²) in [6.07, 6.45) is 6.97. The Balaban J connectivity index is 2.34. The molecule has 1 heteroatoms. The Bertz CT molecular complexity index is 155.